The fraction of sp³-hybridized carbons (Fsp3) is 0.273. The van der Waals surface area contributed by atoms with Crippen molar-refractivity contribution < 1.29 is 17.6 Å². The molecule has 0 spiro atoms. The van der Waals surface area contributed by atoms with Gasteiger partial charge in [0.15, 0.2) is 11.7 Å². The van der Waals surface area contributed by atoms with E-state index < -0.39 is 11.7 Å². The van der Waals surface area contributed by atoms with Crippen LogP contribution >= 0.6 is 11.6 Å². The van der Waals surface area contributed by atoms with Crippen LogP contribution in [0.1, 0.15) is 38.0 Å². The summed E-state index contributed by atoms with van der Waals surface area (Å²) in [6.45, 7) is 7.54. The van der Waals surface area contributed by atoms with Crippen LogP contribution in [0.3, 0.4) is 0 Å². The third-order valence-corrected chi connectivity index (χ3v) is 5.08. The minimum absolute atomic E-state index is 0.104. The van der Waals surface area contributed by atoms with Crippen molar-refractivity contribution in [2.75, 3.05) is 0 Å². The Hall–Kier alpha value is -2.80. The number of hydrogen-bond donors (Lipinski definition) is 1. The van der Waals surface area contributed by atoms with Crippen molar-refractivity contribution in [3.8, 4) is 22.6 Å². The van der Waals surface area contributed by atoms with Gasteiger partial charge in [0.05, 0.1) is 16.6 Å². The number of alkyl halides is 3. The predicted molar refractivity (Wildman–Crippen MR) is 110 cm³/mol. The molecule has 8 heteroatoms. The Labute approximate surface area is 176 Å². The zero-order valence-electron chi connectivity index (χ0n) is 16.8. The number of aromatic nitrogens is 3. The second kappa shape index (κ2) is 6.87. The predicted octanol–water partition coefficient (Wildman–Crippen LogP) is 7.16. The van der Waals surface area contributed by atoms with E-state index in [-0.39, 0.29) is 22.3 Å². The number of nitrogens with one attached hydrogen (secondary N) is 1. The Bertz CT molecular complexity index is 1250. The summed E-state index contributed by atoms with van der Waals surface area (Å²) < 4.78 is 47.3. The van der Waals surface area contributed by atoms with Crippen LogP contribution in [0.15, 0.2) is 40.8 Å². The van der Waals surface area contributed by atoms with Crippen LogP contribution in [-0.4, -0.2) is 15.0 Å². The van der Waals surface area contributed by atoms with E-state index in [0.29, 0.717) is 33.5 Å². The number of aromatic amines is 1. The number of H-pyrrole nitrogens is 1. The molecule has 0 amide bonds. The quantitative estimate of drug-likeness (QED) is 0.364. The Morgan fingerprint density at radius 3 is 2.33 bits per heavy atom. The summed E-state index contributed by atoms with van der Waals surface area (Å²) in [6.07, 6.45) is -4.57. The lowest BCUT2D eigenvalue weighted by atomic mass is 9.97. The van der Waals surface area contributed by atoms with Crippen molar-refractivity contribution >= 4 is 22.6 Å². The number of halogens is 4. The highest BCUT2D eigenvalue weighted by atomic mass is 35.5. The summed E-state index contributed by atoms with van der Waals surface area (Å²) in [5.41, 5.74) is 0.148. The van der Waals surface area contributed by atoms with Gasteiger partial charge in [-0.25, -0.2) is 9.97 Å². The molecule has 0 saturated heterocycles. The van der Waals surface area contributed by atoms with E-state index in [1.165, 1.54) is 0 Å². The smallest absolute Gasteiger partial charge is 0.418 e. The maximum atomic E-state index is 13.9. The summed E-state index contributed by atoms with van der Waals surface area (Å²) in [5.74, 6) is 1.20. The Morgan fingerprint density at radius 2 is 1.73 bits per heavy atom. The summed E-state index contributed by atoms with van der Waals surface area (Å²) in [7, 11) is 0. The Morgan fingerprint density at radius 1 is 1.03 bits per heavy atom. The van der Waals surface area contributed by atoms with Crippen LogP contribution < -0.4 is 0 Å². The molecule has 1 N–H and O–H groups in total. The average Bonchev–Trinajstić information content (AvgIpc) is 3.23. The van der Waals surface area contributed by atoms with Crippen LogP contribution in [0, 0.1) is 6.92 Å². The minimum Gasteiger partial charge on any atom is -0.445 e. The Kier molecular flexibility index (Phi) is 4.69. The maximum absolute atomic E-state index is 13.9. The van der Waals surface area contributed by atoms with Gasteiger partial charge in [-0.05, 0) is 30.7 Å². The number of fused-ring (bicyclic) bond motifs is 1. The van der Waals surface area contributed by atoms with Crippen LogP contribution in [-0.2, 0) is 11.6 Å². The zero-order chi connectivity index (χ0) is 21.8. The zero-order valence-corrected chi connectivity index (χ0v) is 17.5. The largest absolute Gasteiger partial charge is 0.445 e. The Balaban J connectivity index is 1.95. The van der Waals surface area contributed by atoms with Crippen molar-refractivity contribution in [1.29, 1.82) is 0 Å². The van der Waals surface area contributed by atoms with Gasteiger partial charge in [0.2, 0.25) is 0 Å². The monoisotopic (exact) mass is 433 g/mol. The molecule has 0 fully saturated rings. The van der Waals surface area contributed by atoms with Gasteiger partial charge in [-0.1, -0.05) is 50.6 Å². The fourth-order valence-electron chi connectivity index (χ4n) is 3.24. The molecule has 2 aromatic heterocycles. The van der Waals surface area contributed by atoms with Gasteiger partial charge < -0.3 is 9.40 Å². The van der Waals surface area contributed by atoms with Crippen molar-refractivity contribution in [2.24, 2.45) is 0 Å². The molecular formula is C22H19ClF3N3O. The van der Waals surface area contributed by atoms with E-state index in [9.17, 15) is 13.2 Å². The second-order valence-electron chi connectivity index (χ2n) is 8.15. The molecule has 4 nitrogen and oxygen atoms in total. The number of imidazole rings is 1. The second-order valence-corrected chi connectivity index (χ2v) is 8.56. The molecule has 0 aliphatic heterocycles. The molecular weight excluding hydrogens is 415 g/mol. The number of benzene rings is 2. The number of rotatable bonds is 2. The molecule has 156 valence electrons. The molecule has 2 aromatic carbocycles. The average molecular weight is 434 g/mol. The highest BCUT2D eigenvalue weighted by Gasteiger charge is 2.35. The molecule has 0 unspecified atom stereocenters. The van der Waals surface area contributed by atoms with Crippen molar-refractivity contribution in [2.45, 2.75) is 39.3 Å². The number of aryl methyl sites for hydroxylation is 1. The van der Waals surface area contributed by atoms with Crippen LogP contribution in [0.5, 0.6) is 0 Å². The van der Waals surface area contributed by atoms with Crippen molar-refractivity contribution in [3.63, 3.8) is 0 Å². The molecule has 2 heterocycles. The van der Waals surface area contributed by atoms with Gasteiger partial charge in [0.1, 0.15) is 11.5 Å². The summed E-state index contributed by atoms with van der Waals surface area (Å²) in [4.78, 5) is 11.7. The van der Waals surface area contributed by atoms with Gasteiger partial charge in [0, 0.05) is 16.0 Å². The highest BCUT2D eigenvalue weighted by Crippen LogP contribution is 2.40. The van der Waals surface area contributed by atoms with Crippen LogP contribution in [0.2, 0.25) is 5.02 Å². The molecule has 30 heavy (non-hydrogen) atoms. The first-order valence-electron chi connectivity index (χ1n) is 9.29. The molecule has 0 aliphatic carbocycles. The topological polar surface area (TPSA) is 54.7 Å². The van der Waals surface area contributed by atoms with E-state index in [0.717, 1.165) is 6.07 Å². The first-order valence-corrected chi connectivity index (χ1v) is 9.67. The van der Waals surface area contributed by atoms with Gasteiger partial charge in [0.25, 0.3) is 0 Å². The van der Waals surface area contributed by atoms with Gasteiger partial charge >= 0.3 is 6.18 Å². The minimum atomic E-state index is -4.57. The van der Waals surface area contributed by atoms with E-state index >= 15 is 0 Å². The molecule has 0 bridgehead atoms. The lowest BCUT2D eigenvalue weighted by Crippen LogP contribution is -2.11. The maximum Gasteiger partial charge on any atom is 0.418 e. The fourth-order valence-corrected chi connectivity index (χ4v) is 3.48. The van der Waals surface area contributed by atoms with Gasteiger partial charge in [-0.2, -0.15) is 13.2 Å². The van der Waals surface area contributed by atoms with E-state index in [4.69, 9.17) is 16.0 Å². The molecule has 0 atom stereocenters. The molecule has 4 rings (SSSR count). The summed E-state index contributed by atoms with van der Waals surface area (Å²) in [5, 5.41) is 0.364. The lowest BCUT2D eigenvalue weighted by molar-refractivity contribution is -0.136. The van der Waals surface area contributed by atoms with Gasteiger partial charge in [-0.15, -0.1) is 0 Å². The van der Waals surface area contributed by atoms with E-state index in [1.54, 1.807) is 37.3 Å². The van der Waals surface area contributed by atoms with Gasteiger partial charge in [-0.3, -0.25) is 0 Å². The lowest BCUT2D eigenvalue weighted by Gasteiger charge is -2.11. The third-order valence-electron chi connectivity index (χ3n) is 4.75. The highest BCUT2D eigenvalue weighted by molar-refractivity contribution is 6.33. The standard InChI is InChI=1S/C22H19ClF3N3O/c1-11-17(29-20(30-11)21(2,3)4)19-27-16-10-12(13-7-5-6-8-15(13)23)9-14(18(16)28-19)22(24,25)26/h5-10H,1-4H3,(H,27,28). The van der Waals surface area contributed by atoms with E-state index in [1.807, 2.05) is 20.8 Å². The first-order chi connectivity index (χ1) is 13.9. The molecule has 4 aromatic rings. The van der Waals surface area contributed by atoms with Crippen molar-refractivity contribution in [3.05, 3.63) is 58.6 Å². The number of hydrogen-bond acceptors (Lipinski definition) is 3. The number of nitrogens with zero attached hydrogens (tertiary/aromatic N) is 2. The SMILES string of the molecule is Cc1oc(C(C)(C)C)nc1-c1nc2cc(-c3ccccc3Cl)cc(C(F)(F)F)c2[nH]1. The summed E-state index contributed by atoms with van der Waals surface area (Å²) >= 11 is 6.21. The van der Waals surface area contributed by atoms with Crippen molar-refractivity contribution in [1.82, 2.24) is 15.0 Å². The third kappa shape index (κ3) is 3.58. The molecule has 0 saturated carbocycles. The molecule has 0 radical (unpaired) electrons. The van der Waals surface area contributed by atoms with Crippen LogP contribution in [0.4, 0.5) is 13.2 Å². The van der Waals surface area contributed by atoms with E-state index in [2.05, 4.69) is 15.0 Å². The van der Waals surface area contributed by atoms with Crippen LogP contribution in [0.25, 0.3) is 33.7 Å². The number of oxazole rings is 1. The normalized spacial score (nSPS) is 12.7. The summed E-state index contributed by atoms with van der Waals surface area (Å²) in [6, 6.07) is 9.43. The first kappa shape index (κ1) is 20.5. The molecule has 0 aliphatic rings.